The smallest absolute Gasteiger partial charge is 0.338 e. The average molecular weight is 526 g/mol. The van der Waals surface area contributed by atoms with Crippen molar-refractivity contribution in [1.29, 1.82) is 0 Å². The predicted octanol–water partition coefficient (Wildman–Crippen LogP) is 5.31. The molecule has 5 rings (SSSR count). The molecule has 1 fully saturated rings. The molecule has 1 N–H and O–H groups in total. The molecule has 1 aromatic carbocycles. The number of fused-ring (bicyclic) bond motifs is 1. The molecule has 0 radical (unpaired) electrons. The van der Waals surface area contributed by atoms with E-state index in [9.17, 15) is 4.79 Å². The Labute approximate surface area is 220 Å². The SMILES string of the molecule is COC(=O)C1=CCCC=C1Sc1nc(Nc2ccc(N3CCN(C)CC3)cc2OC)nc2ccsc12.[HH]. The summed E-state index contributed by atoms with van der Waals surface area (Å²) in [6, 6.07) is 8.17. The van der Waals surface area contributed by atoms with Crippen molar-refractivity contribution in [3.8, 4) is 5.75 Å². The van der Waals surface area contributed by atoms with Crippen LogP contribution in [0.3, 0.4) is 0 Å². The van der Waals surface area contributed by atoms with Gasteiger partial charge in [0.25, 0.3) is 0 Å². The summed E-state index contributed by atoms with van der Waals surface area (Å²) in [7, 11) is 5.24. The van der Waals surface area contributed by atoms with Gasteiger partial charge in [-0.25, -0.2) is 14.8 Å². The van der Waals surface area contributed by atoms with Crippen molar-refractivity contribution in [1.82, 2.24) is 14.9 Å². The molecule has 1 aliphatic heterocycles. The van der Waals surface area contributed by atoms with Crippen LogP contribution in [0.15, 0.2) is 57.3 Å². The fraction of sp³-hybridized carbons (Fsp3) is 0.346. The molecule has 3 aromatic rings. The molecule has 0 amide bonds. The Balaban J connectivity index is 0.00000320. The second-order valence-electron chi connectivity index (χ2n) is 8.64. The van der Waals surface area contributed by atoms with Crippen molar-refractivity contribution in [3.05, 3.63) is 52.3 Å². The van der Waals surface area contributed by atoms with Crippen molar-refractivity contribution in [2.24, 2.45) is 0 Å². The third kappa shape index (κ3) is 5.21. The lowest BCUT2D eigenvalue weighted by Gasteiger charge is -2.34. The van der Waals surface area contributed by atoms with Gasteiger partial charge in [-0.2, -0.15) is 0 Å². The number of nitrogens with one attached hydrogen (secondary N) is 1. The van der Waals surface area contributed by atoms with Crippen LogP contribution in [0.1, 0.15) is 14.3 Å². The number of nitrogens with zero attached hydrogens (tertiary/aromatic N) is 4. The zero-order chi connectivity index (χ0) is 25.1. The fourth-order valence-electron chi connectivity index (χ4n) is 4.27. The van der Waals surface area contributed by atoms with Gasteiger partial charge in [-0.15, -0.1) is 11.3 Å². The van der Waals surface area contributed by atoms with E-state index in [1.54, 1.807) is 18.4 Å². The Morgan fingerprint density at radius 3 is 2.69 bits per heavy atom. The van der Waals surface area contributed by atoms with E-state index in [2.05, 4.69) is 40.4 Å². The summed E-state index contributed by atoms with van der Waals surface area (Å²) in [5, 5.41) is 6.16. The lowest BCUT2D eigenvalue weighted by atomic mass is 10.1. The largest absolute Gasteiger partial charge is 0.494 e. The molecule has 0 spiro atoms. The molecule has 1 aliphatic carbocycles. The van der Waals surface area contributed by atoms with Crippen LogP contribution >= 0.6 is 23.1 Å². The van der Waals surface area contributed by atoms with E-state index >= 15 is 0 Å². The van der Waals surface area contributed by atoms with Gasteiger partial charge in [-0.05, 0) is 43.5 Å². The zero-order valence-electron chi connectivity index (χ0n) is 20.6. The number of rotatable bonds is 7. The summed E-state index contributed by atoms with van der Waals surface area (Å²) in [4.78, 5) is 27.5. The van der Waals surface area contributed by atoms with Gasteiger partial charge in [-0.3, -0.25) is 0 Å². The highest BCUT2D eigenvalue weighted by Gasteiger charge is 2.22. The molecule has 10 heteroatoms. The third-order valence-electron chi connectivity index (χ3n) is 6.29. The van der Waals surface area contributed by atoms with E-state index in [1.165, 1.54) is 18.9 Å². The van der Waals surface area contributed by atoms with E-state index in [0.717, 1.165) is 76.3 Å². The van der Waals surface area contributed by atoms with Crippen LogP contribution in [0.2, 0.25) is 0 Å². The van der Waals surface area contributed by atoms with Crippen molar-refractivity contribution in [2.75, 3.05) is 57.7 Å². The minimum atomic E-state index is -0.326. The minimum Gasteiger partial charge on any atom is -0.494 e. The number of carbonyl (C=O) groups excluding carboxylic acids is 1. The van der Waals surface area contributed by atoms with Gasteiger partial charge in [0.2, 0.25) is 5.95 Å². The van der Waals surface area contributed by atoms with E-state index < -0.39 is 0 Å². The van der Waals surface area contributed by atoms with Gasteiger partial charge >= 0.3 is 5.97 Å². The van der Waals surface area contributed by atoms with Gasteiger partial charge in [0, 0.05) is 44.3 Å². The third-order valence-corrected chi connectivity index (χ3v) is 8.43. The topological polar surface area (TPSA) is 79.8 Å². The lowest BCUT2D eigenvalue weighted by molar-refractivity contribution is -0.135. The second-order valence-corrected chi connectivity index (χ2v) is 10.6. The van der Waals surface area contributed by atoms with Crippen molar-refractivity contribution in [2.45, 2.75) is 17.9 Å². The maximum Gasteiger partial charge on any atom is 0.338 e. The molecule has 3 heterocycles. The summed E-state index contributed by atoms with van der Waals surface area (Å²) in [5.41, 5.74) is 3.39. The Hall–Kier alpha value is -3.08. The van der Waals surface area contributed by atoms with Gasteiger partial charge < -0.3 is 24.6 Å². The second kappa shape index (κ2) is 10.9. The number of likely N-dealkylation sites (N-methyl/N-ethyl adjacent to an activating group) is 1. The van der Waals surface area contributed by atoms with Gasteiger partial charge in [0.05, 0.1) is 35.7 Å². The van der Waals surface area contributed by atoms with Crippen LogP contribution in [-0.4, -0.2) is 68.3 Å². The number of carbonyl (C=O) groups is 1. The van der Waals surface area contributed by atoms with Crippen LogP contribution < -0.4 is 15.0 Å². The van der Waals surface area contributed by atoms with Crippen molar-refractivity contribution >= 4 is 56.6 Å². The average Bonchev–Trinajstić information content (AvgIpc) is 3.38. The first-order valence-electron chi connectivity index (χ1n) is 11.9. The van der Waals surface area contributed by atoms with Gasteiger partial charge in [0.1, 0.15) is 10.8 Å². The highest BCUT2D eigenvalue weighted by molar-refractivity contribution is 8.03. The number of allylic oxidation sites excluding steroid dienone is 2. The van der Waals surface area contributed by atoms with E-state index in [1.807, 2.05) is 23.6 Å². The van der Waals surface area contributed by atoms with Crippen molar-refractivity contribution < 1.29 is 15.7 Å². The molecule has 1 saturated heterocycles. The molecule has 0 atom stereocenters. The summed E-state index contributed by atoms with van der Waals surface area (Å²) in [5.74, 6) is 0.892. The number of thioether (sulfide) groups is 1. The van der Waals surface area contributed by atoms with Crippen LogP contribution in [0.5, 0.6) is 5.75 Å². The first-order chi connectivity index (χ1) is 17.6. The first-order valence-corrected chi connectivity index (χ1v) is 13.6. The van der Waals surface area contributed by atoms with Crippen LogP contribution in [-0.2, 0) is 9.53 Å². The quantitative estimate of drug-likeness (QED) is 0.326. The number of thiophene rings is 1. The molecule has 0 bridgehead atoms. The molecule has 36 heavy (non-hydrogen) atoms. The van der Waals surface area contributed by atoms with E-state index in [4.69, 9.17) is 19.4 Å². The number of ether oxygens (including phenoxy) is 2. The Morgan fingerprint density at radius 2 is 1.92 bits per heavy atom. The molecule has 2 aliphatic rings. The molecule has 2 aromatic heterocycles. The highest BCUT2D eigenvalue weighted by atomic mass is 32.2. The summed E-state index contributed by atoms with van der Waals surface area (Å²) in [6.45, 7) is 4.06. The molecular formula is C26H31N5O3S2. The summed E-state index contributed by atoms with van der Waals surface area (Å²) in [6.07, 6.45) is 5.71. The molecule has 190 valence electrons. The zero-order valence-corrected chi connectivity index (χ0v) is 22.2. The number of anilines is 3. The van der Waals surface area contributed by atoms with E-state index in [0.29, 0.717) is 11.5 Å². The number of hydrogen-bond acceptors (Lipinski definition) is 10. The molecule has 0 saturated carbocycles. The maximum atomic E-state index is 12.3. The van der Waals surface area contributed by atoms with Gasteiger partial charge in [-0.1, -0.05) is 23.9 Å². The fourth-order valence-corrected chi connectivity index (χ4v) is 6.27. The maximum absolute atomic E-state index is 12.3. The number of methoxy groups -OCH3 is 2. The highest BCUT2D eigenvalue weighted by Crippen LogP contribution is 2.40. The number of benzene rings is 1. The monoisotopic (exact) mass is 525 g/mol. The Bertz CT molecular complexity index is 1330. The lowest BCUT2D eigenvalue weighted by Crippen LogP contribution is -2.44. The van der Waals surface area contributed by atoms with Crippen LogP contribution in [0, 0.1) is 0 Å². The first kappa shape index (κ1) is 24.6. The number of hydrogen-bond donors (Lipinski definition) is 1. The van der Waals surface area contributed by atoms with Crippen LogP contribution in [0.4, 0.5) is 17.3 Å². The molecule has 8 nitrogen and oxygen atoms in total. The predicted molar refractivity (Wildman–Crippen MR) is 149 cm³/mol. The molecular weight excluding hydrogens is 494 g/mol. The standard InChI is InChI=1S/C26H29N5O3S2.H2/c1-30-11-13-31(14-12-30)17-8-9-19(21(16-17)33-2)27-26-28-20-10-15-35-23(20)24(29-26)36-22-7-5-4-6-18(22)25(32)34-3;/h6-10,15-16H,4-5,11-14H2,1-3H3,(H,27,28,29);1H. The normalized spacial score (nSPS) is 16.5. The number of aromatic nitrogens is 2. The number of piperazine rings is 1. The van der Waals surface area contributed by atoms with Gasteiger partial charge in [0.15, 0.2) is 0 Å². The summed E-state index contributed by atoms with van der Waals surface area (Å²) < 4.78 is 11.7. The molecule has 0 unspecified atom stereocenters. The van der Waals surface area contributed by atoms with Crippen LogP contribution in [0.25, 0.3) is 10.2 Å². The number of esters is 1. The van der Waals surface area contributed by atoms with Crippen molar-refractivity contribution in [3.63, 3.8) is 0 Å². The Morgan fingerprint density at radius 1 is 1.11 bits per heavy atom. The summed E-state index contributed by atoms with van der Waals surface area (Å²) >= 11 is 3.06. The van der Waals surface area contributed by atoms with E-state index in [-0.39, 0.29) is 7.40 Å². The Kier molecular flexibility index (Phi) is 7.45. The minimum absolute atomic E-state index is 0.